The maximum Gasteiger partial charge on any atom is 0.120 e. The summed E-state index contributed by atoms with van der Waals surface area (Å²) < 4.78 is 6.98. The van der Waals surface area contributed by atoms with Crippen molar-refractivity contribution < 1.29 is 4.74 Å². The summed E-state index contributed by atoms with van der Waals surface area (Å²) in [5.41, 5.74) is 0. The van der Waals surface area contributed by atoms with Crippen molar-refractivity contribution in [3.05, 3.63) is 27.8 Å². The number of rotatable bonds is 5. The first-order valence-corrected chi connectivity index (χ1v) is 7.66. The number of halogens is 3. The van der Waals surface area contributed by atoms with Gasteiger partial charge in [-0.15, -0.1) is 24.8 Å². The lowest BCUT2D eigenvalue weighted by atomic mass is 10.2. The van der Waals surface area contributed by atoms with Crippen LogP contribution in [0.3, 0.4) is 0 Å². The van der Waals surface area contributed by atoms with E-state index >= 15 is 0 Å². The lowest BCUT2D eigenvalue weighted by Gasteiger charge is -2.31. The van der Waals surface area contributed by atoms with Crippen molar-refractivity contribution in [2.75, 3.05) is 32.8 Å². The number of nitrogens with zero attached hydrogens (tertiary/aromatic N) is 1. The van der Waals surface area contributed by atoms with E-state index in [1.807, 2.05) is 12.1 Å². The van der Waals surface area contributed by atoms with Crippen molar-refractivity contribution in [2.45, 2.75) is 19.4 Å². The summed E-state index contributed by atoms with van der Waals surface area (Å²) in [7, 11) is 0. The molecule has 0 amide bonds. The van der Waals surface area contributed by atoms with Gasteiger partial charge in [-0.05, 0) is 54.1 Å². The van der Waals surface area contributed by atoms with Crippen molar-refractivity contribution in [3.63, 3.8) is 0 Å². The molecule has 1 aromatic rings. The summed E-state index contributed by atoms with van der Waals surface area (Å²) in [6, 6.07) is 8.84. The number of hydrogen-bond acceptors (Lipinski definition) is 3. The first-order valence-electron chi connectivity index (χ1n) is 6.58. The van der Waals surface area contributed by atoms with E-state index < -0.39 is 0 Å². The maximum atomic E-state index is 5.76. The highest BCUT2D eigenvalue weighted by Crippen LogP contribution is 2.14. The molecule has 1 atom stereocenters. The molecule has 20 heavy (non-hydrogen) atoms. The Morgan fingerprint density at radius 1 is 1.40 bits per heavy atom. The predicted octanol–water partition coefficient (Wildman–Crippen LogP) is 3.20. The Morgan fingerprint density at radius 3 is 2.90 bits per heavy atom. The summed E-state index contributed by atoms with van der Waals surface area (Å²) in [4.78, 5) is 2.51. The highest BCUT2D eigenvalue weighted by molar-refractivity contribution is 14.1. The minimum Gasteiger partial charge on any atom is -0.494 e. The van der Waals surface area contributed by atoms with Crippen LogP contribution in [0.1, 0.15) is 13.3 Å². The molecule has 1 unspecified atom stereocenters. The minimum atomic E-state index is 0. The van der Waals surface area contributed by atoms with Crippen LogP contribution in [0.2, 0.25) is 0 Å². The van der Waals surface area contributed by atoms with Crippen LogP contribution in [-0.2, 0) is 0 Å². The van der Waals surface area contributed by atoms with Gasteiger partial charge >= 0.3 is 0 Å². The van der Waals surface area contributed by atoms with Gasteiger partial charge in [-0.3, -0.25) is 0 Å². The van der Waals surface area contributed by atoms with Crippen LogP contribution in [0, 0.1) is 3.57 Å². The molecule has 1 aliphatic heterocycles. The largest absolute Gasteiger partial charge is 0.494 e. The van der Waals surface area contributed by atoms with Crippen LogP contribution in [0.5, 0.6) is 5.75 Å². The van der Waals surface area contributed by atoms with Crippen molar-refractivity contribution in [3.8, 4) is 5.75 Å². The van der Waals surface area contributed by atoms with Crippen molar-refractivity contribution >= 4 is 47.4 Å². The quantitative estimate of drug-likeness (QED) is 0.571. The Labute approximate surface area is 147 Å². The van der Waals surface area contributed by atoms with Crippen LogP contribution >= 0.6 is 47.4 Å². The second kappa shape index (κ2) is 10.9. The van der Waals surface area contributed by atoms with Crippen LogP contribution in [0.15, 0.2) is 24.3 Å². The summed E-state index contributed by atoms with van der Waals surface area (Å²) in [6.45, 7) is 7.61. The summed E-state index contributed by atoms with van der Waals surface area (Å²) >= 11 is 2.31. The molecule has 0 aromatic heterocycles. The van der Waals surface area contributed by atoms with E-state index in [2.05, 4.69) is 51.9 Å². The number of ether oxygens (including phenoxy) is 1. The lowest BCUT2D eigenvalue weighted by molar-refractivity contribution is 0.189. The Hall–Kier alpha value is 0.250. The fourth-order valence-electron chi connectivity index (χ4n) is 2.25. The SMILES string of the molecule is CC1CN(CCCOc2cccc(I)c2)CCN1.Cl.Cl. The van der Waals surface area contributed by atoms with Crippen molar-refractivity contribution in [2.24, 2.45) is 0 Å². The zero-order valence-electron chi connectivity index (χ0n) is 11.7. The van der Waals surface area contributed by atoms with Gasteiger partial charge < -0.3 is 15.0 Å². The first-order chi connectivity index (χ1) is 8.74. The minimum absolute atomic E-state index is 0. The molecule has 0 spiro atoms. The van der Waals surface area contributed by atoms with Crippen LogP contribution in [-0.4, -0.2) is 43.7 Å². The molecule has 0 radical (unpaired) electrons. The first kappa shape index (κ1) is 20.2. The van der Waals surface area contributed by atoms with E-state index in [0.717, 1.165) is 45.0 Å². The molecule has 6 heteroatoms. The second-order valence-corrected chi connectivity index (χ2v) is 6.06. The molecule has 116 valence electrons. The molecule has 2 rings (SSSR count). The zero-order chi connectivity index (χ0) is 12.8. The Bertz CT molecular complexity index is 382. The van der Waals surface area contributed by atoms with E-state index in [4.69, 9.17) is 4.74 Å². The molecule has 0 saturated carbocycles. The van der Waals surface area contributed by atoms with Gasteiger partial charge in [0.15, 0.2) is 0 Å². The highest BCUT2D eigenvalue weighted by Gasteiger charge is 2.14. The zero-order valence-corrected chi connectivity index (χ0v) is 15.5. The number of hydrogen-bond donors (Lipinski definition) is 1. The van der Waals surface area contributed by atoms with Crippen LogP contribution in [0.25, 0.3) is 0 Å². The summed E-state index contributed by atoms with van der Waals surface area (Å²) in [5, 5.41) is 3.46. The molecule has 1 aliphatic rings. The standard InChI is InChI=1S/C14H21IN2O.2ClH/c1-12-11-17(8-6-16-12)7-3-9-18-14-5-2-4-13(15)10-14;;/h2,4-5,10,12,16H,3,6-9,11H2,1H3;2*1H. The third kappa shape index (κ3) is 7.31. The number of nitrogens with one attached hydrogen (secondary N) is 1. The van der Waals surface area contributed by atoms with E-state index in [-0.39, 0.29) is 24.8 Å². The fraction of sp³-hybridized carbons (Fsp3) is 0.571. The van der Waals surface area contributed by atoms with Crippen molar-refractivity contribution in [1.82, 2.24) is 10.2 Å². The second-order valence-electron chi connectivity index (χ2n) is 4.82. The fourth-order valence-corrected chi connectivity index (χ4v) is 2.76. The Kier molecular flexibility index (Phi) is 11.0. The topological polar surface area (TPSA) is 24.5 Å². The molecule has 3 nitrogen and oxygen atoms in total. The molecular weight excluding hydrogens is 410 g/mol. The van der Waals surface area contributed by atoms with Gasteiger partial charge in [-0.2, -0.15) is 0 Å². The van der Waals surface area contributed by atoms with Crippen LogP contribution < -0.4 is 10.1 Å². The third-order valence-corrected chi connectivity index (χ3v) is 3.81. The van der Waals surface area contributed by atoms with Gasteiger partial charge in [0.2, 0.25) is 0 Å². The van der Waals surface area contributed by atoms with Gasteiger partial charge in [0.25, 0.3) is 0 Å². The highest BCUT2D eigenvalue weighted by atomic mass is 127. The molecule has 0 bridgehead atoms. The monoisotopic (exact) mass is 432 g/mol. The normalized spacial score (nSPS) is 18.8. The molecule has 1 N–H and O–H groups in total. The molecule has 1 saturated heterocycles. The van der Waals surface area contributed by atoms with Gasteiger partial charge in [0, 0.05) is 35.8 Å². The molecular formula is C14H23Cl2IN2O. The van der Waals surface area contributed by atoms with E-state index in [1.165, 1.54) is 3.57 Å². The third-order valence-electron chi connectivity index (χ3n) is 3.14. The molecule has 1 heterocycles. The summed E-state index contributed by atoms with van der Waals surface area (Å²) in [6.07, 6.45) is 1.10. The number of piperazine rings is 1. The number of benzene rings is 1. The van der Waals surface area contributed by atoms with Gasteiger partial charge in [0.1, 0.15) is 5.75 Å². The molecule has 0 aliphatic carbocycles. The Morgan fingerprint density at radius 2 is 2.20 bits per heavy atom. The van der Waals surface area contributed by atoms with Crippen molar-refractivity contribution in [1.29, 1.82) is 0 Å². The van der Waals surface area contributed by atoms with Crippen LogP contribution in [0.4, 0.5) is 0 Å². The van der Waals surface area contributed by atoms with Gasteiger partial charge in [0.05, 0.1) is 6.61 Å². The van der Waals surface area contributed by atoms with Gasteiger partial charge in [-0.1, -0.05) is 6.07 Å². The van der Waals surface area contributed by atoms with E-state index in [9.17, 15) is 0 Å². The maximum absolute atomic E-state index is 5.76. The average molecular weight is 433 g/mol. The average Bonchev–Trinajstić information content (AvgIpc) is 2.35. The lowest BCUT2D eigenvalue weighted by Crippen LogP contribution is -2.49. The van der Waals surface area contributed by atoms with E-state index in [0.29, 0.717) is 6.04 Å². The Balaban J connectivity index is 0.00000180. The van der Waals surface area contributed by atoms with E-state index in [1.54, 1.807) is 0 Å². The predicted molar refractivity (Wildman–Crippen MR) is 97.7 cm³/mol. The molecule has 1 aromatic carbocycles. The molecule has 1 fully saturated rings. The smallest absolute Gasteiger partial charge is 0.120 e. The van der Waals surface area contributed by atoms with Gasteiger partial charge in [-0.25, -0.2) is 0 Å². The summed E-state index contributed by atoms with van der Waals surface area (Å²) in [5.74, 6) is 0.982.